The Hall–Kier alpha value is 2.64. The van der Waals surface area contributed by atoms with Crippen molar-refractivity contribution in [2.45, 2.75) is 103 Å². The van der Waals surface area contributed by atoms with Crippen molar-refractivity contribution in [2.75, 3.05) is 13.2 Å². The van der Waals surface area contributed by atoms with Gasteiger partial charge in [-0.15, -0.1) is 0 Å². The summed E-state index contributed by atoms with van der Waals surface area (Å²) in [5.74, 6) is -0.224. The molecular formula is C21H44O4S6Sn2. The zero-order valence-corrected chi connectivity index (χ0v) is 32.0. The summed E-state index contributed by atoms with van der Waals surface area (Å²) in [5, 5.41) is 0. The predicted molar refractivity (Wildman–Crippen MR) is 166 cm³/mol. The number of hydrogen-bond acceptors (Lipinski definition) is 10. The van der Waals surface area contributed by atoms with Crippen LogP contribution in [-0.2, 0) is 73.0 Å². The molecule has 0 rings (SSSR count). The van der Waals surface area contributed by atoms with Gasteiger partial charge in [0.15, 0.2) is 0 Å². The third-order valence-electron chi connectivity index (χ3n) is 4.65. The fourth-order valence-electron chi connectivity index (χ4n) is 2.73. The first-order valence-corrected chi connectivity index (χ1v) is 15.1. The van der Waals surface area contributed by atoms with Gasteiger partial charge in [-0.2, -0.15) is 0 Å². The maximum Gasteiger partial charge on any atom is -0.813 e. The minimum atomic E-state index is -0.112. The summed E-state index contributed by atoms with van der Waals surface area (Å²) in [5.41, 5.74) is 0. The van der Waals surface area contributed by atoms with E-state index in [0.29, 0.717) is 26.1 Å². The van der Waals surface area contributed by atoms with Crippen LogP contribution >= 0.6 is 25.3 Å². The number of carbonyl (C=O) groups is 2. The van der Waals surface area contributed by atoms with Gasteiger partial charge >= 0.3 is 217 Å². The molecule has 0 aliphatic rings. The van der Waals surface area contributed by atoms with Crippen LogP contribution in [0.1, 0.15) is 97.3 Å². The second-order valence-electron chi connectivity index (χ2n) is 8.00. The average Bonchev–Trinajstić information content (AvgIpc) is 2.67. The second kappa shape index (κ2) is 27.7. The SMILES string of the molecule is CCCC[C](S)([SnH+2])COC(=O)CCCCCCCC(=O)OC[C](S)([SnH+2])CCCC.[SH-].[SH-].[SH-].[SH-]. The molecule has 0 spiro atoms. The van der Waals surface area contributed by atoms with Crippen molar-refractivity contribution in [1.82, 2.24) is 0 Å². The summed E-state index contributed by atoms with van der Waals surface area (Å²) < 4.78 is 10.6. The van der Waals surface area contributed by atoms with E-state index in [0.717, 1.165) is 116 Å². The Morgan fingerprint density at radius 3 is 1.24 bits per heavy atom. The standard InChI is InChI=1S/C21H38O4S2.4H2S.2Sn.2H/c1-3-5-12-18(26)16-24-20(22)14-10-8-7-9-11-15-21(23)25-17-19(27)13-6-4-2;;;;;;;;/h26-27H,3-17H2,1-2H3;4*1H2;;;;/q;;;;;2*+2;;/p-4. The van der Waals surface area contributed by atoms with E-state index in [1.54, 1.807) is 0 Å². The van der Waals surface area contributed by atoms with Crippen molar-refractivity contribution < 1.29 is 19.1 Å². The molecule has 2 unspecified atom stereocenters. The normalized spacial score (nSPS) is 13.4. The molecule has 0 aliphatic carbocycles. The molecule has 0 aromatic rings. The summed E-state index contributed by atoms with van der Waals surface area (Å²) in [6.45, 7) is 5.19. The van der Waals surface area contributed by atoms with Gasteiger partial charge < -0.3 is 54.0 Å². The first-order valence-electron chi connectivity index (χ1n) is 11.0. The van der Waals surface area contributed by atoms with Crippen molar-refractivity contribution in [1.29, 1.82) is 0 Å². The van der Waals surface area contributed by atoms with Gasteiger partial charge in [-0.1, -0.05) is 0 Å². The molecule has 4 nitrogen and oxygen atoms in total. The second-order valence-corrected chi connectivity index (χ2v) is 18.9. The summed E-state index contributed by atoms with van der Waals surface area (Å²) in [6, 6.07) is 0. The first-order chi connectivity index (χ1) is 13.6. The predicted octanol–water partition coefficient (Wildman–Crippen LogP) is 3.16. The van der Waals surface area contributed by atoms with Gasteiger partial charge in [0.05, 0.1) is 0 Å². The molecule has 0 aromatic heterocycles. The number of thiol groups is 6. The van der Waals surface area contributed by atoms with Crippen LogP contribution in [0.25, 0.3) is 0 Å². The Morgan fingerprint density at radius 2 is 0.939 bits per heavy atom. The van der Waals surface area contributed by atoms with Crippen molar-refractivity contribution >= 4 is 136 Å². The van der Waals surface area contributed by atoms with Crippen LogP contribution in [0.15, 0.2) is 0 Å². The molecule has 12 heteroatoms. The van der Waals surface area contributed by atoms with E-state index in [-0.39, 0.29) is 71.4 Å². The molecule has 0 heterocycles. The van der Waals surface area contributed by atoms with Crippen LogP contribution in [0, 0.1) is 0 Å². The largest absolute Gasteiger partial charge is 0.813 e. The van der Waals surface area contributed by atoms with Gasteiger partial charge in [-0.3, -0.25) is 0 Å². The Morgan fingerprint density at radius 1 is 0.636 bits per heavy atom. The molecule has 33 heavy (non-hydrogen) atoms. The first kappa shape index (κ1) is 45.6. The Bertz CT molecular complexity index is 432. The number of unbranched alkanes of at least 4 members (excludes halogenated alkanes) is 6. The number of rotatable bonds is 18. The van der Waals surface area contributed by atoms with Crippen molar-refractivity contribution in [3.63, 3.8) is 0 Å². The van der Waals surface area contributed by atoms with Crippen LogP contribution < -0.4 is 0 Å². The molecule has 0 N–H and O–H groups in total. The van der Waals surface area contributed by atoms with E-state index in [9.17, 15) is 9.59 Å². The summed E-state index contributed by atoms with van der Waals surface area (Å²) in [4.78, 5) is 23.7. The van der Waals surface area contributed by atoms with Gasteiger partial charge in [0, 0.05) is 0 Å². The molecule has 0 aromatic carbocycles. The van der Waals surface area contributed by atoms with Gasteiger partial charge in [0.2, 0.25) is 0 Å². The van der Waals surface area contributed by atoms with Crippen molar-refractivity contribution in [3.05, 3.63) is 0 Å². The fraction of sp³-hybridized carbons (Fsp3) is 0.905. The molecule has 0 saturated carbocycles. The molecule has 196 valence electrons. The van der Waals surface area contributed by atoms with Crippen LogP contribution in [0.4, 0.5) is 0 Å². The van der Waals surface area contributed by atoms with Crippen molar-refractivity contribution in [3.8, 4) is 0 Å². The van der Waals surface area contributed by atoms with Gasteiger partial charge in [-0.25, -0.2) is 0 Å². The minimum Gasteiger partial charge on any atom is -0.813 e. The molecule has 0 aliphatic heterocycles. The van der Waals surface area contributed by atoms with E-state index >= 15 is 0 Å². The topological polar surface area (TPSA) is 52.6 Å². The van der Waals surface area contributed by atoms with E-state index in [1.165, 1.54) is 0 Å². The minimum absolute atomic E-state index is 0. The molecule has 0 radical (unpaired) electrons. The Kier molecular flexibility index (Phi) is 38.2. The van der Waals surface area contributed by atoms with E-state index < -0.39 is 0 Å². The molecule has 0 bridgehead atoms. The third-order valence-corrected chi connectivity index (χ3v) is 7.96. The molecule has 0 fully saturated rings. The Labute approximate surface area is 268 Å². The summed E-state index contributed by atoms with van der Waals surface area (Å²) in [7, 11) is 0. The summed E-state index contributed by atoms with van der Waals surface area (Å²) in [6.07, 6.45) is 12.2. The zero-order valence-electron chi connectivity index (χ0n) is 20.1. The van der Waals surface area contributed by atoms with Gasteiger partial charge in [0.25, 0.3) is 0 Å². The maximum atomic E-state index is 11.9. The Balaban J connectivity index is -0.000000653. The van der Waals surface area contributed by atoms with E-state index in [1.807, 2.05) is 0 Å². The van der Waals surface area contributed by atoms with Gasteiger partial charge in [0.1, 0.15) is 0 Å². The van der Waals surface area contributed by atoms with Crippen LogP contribution in [0.3, 0.4) is 0 Å². The van der Waals surface area contributed by atoms with Crippen molar-refractivity contribution in [2.24, 2.45) is 0 Å². The smallest absolute Gasteiger partial charge is 0.813 e. The number of esters is 2. The fourth-order valence-corrected chi connectivity index (χ4v) is 4.82. The molecule has 0 amide bonds. The number of ether oxygens (including phenoxy) is 2. The zero-order chi connectivity index (χ0) is 22.2. The van der Waals surface area contributed by atoms with Crippen LogP contribution in [0.2, 0.25) is 0 Å². The van der Waals surface area contributed by atoms with Crippen LogP contribution in [0.5, 0.6) is 0 Å². The molecule has 2 atom stereocenters. The van der Waals surface area contributed by atoms with E-state index in [4.69, 9.17) is 9.47 Å². The van der Waals surface area contributed by atoms with E-state index in [2.05, 4.69) is 39.1 Å². The molecule has 0 saturated heterocycles. The number of hydrogen-bond donors (Lipinski definition) is 2. The maximum absolute atomic E-state index is 11.9. The van der Waals surface area contributed by atoms with Gasteiger partial charge in [-0.05, 0) is 0 Å². The molecular weight excluding hydrogens is 746 g/mol. The third kappa shape index (κ3) is 30.8. The van der Waals surface area contributed by atoms with Crippen LogP contribution in [-0.4, -0.2) is 75.7 Å². The summed E-state index contributed by atoms with van der Waals surface area (Å²) >= 11 is 11.3. The average molecular weight is 790 g/mol. The monoisotopic (exact) mass is 792 g/mol. The number of carbonyl (C=O) groups excluding carboxylic acids is 2. The quantitative estimate of drug-likeness (QED) is 0.0724.